The molecule has 0 saturated carbocycles. The lowest BCUT2D eigenvalue weighted by molar-refractivity contribution is -0.135. The van der Waals surface area contributed by atoms with E-state index in [0.29, 0.717) is 6.54 Å². The van der Waals surface area contributed by atoms with E-state index in [9.17, 15) is 4.79 Å². The standard InChI is InChI=1S/C18H23N7O/c1-2-15(25-12-5-8-19-25)17(26)22-9-6-10-23(14-13-22)18-21-20-16-7-3-4-11-24(16)18/h3-5,7-8,11-12,15H,2,6,9-10,13-14H2,1H3. The maximum absolute atomic E-state index is 13.0. The van der Waals surface area contributed by atoms with E-state index in [1.54, 1.807) is 10.9 Å². The monoisotopic (exact) mass is 353 g/mol. The Bertz CT molecular complexity index is 873. The number of pyridine rings is 1. The lowest BCUT2D eigenvalue weighted by atomic mass is 10.2. The predicted octanol–water partition coefficient (Wildman–Crippen LogP) is 1.62. The highest BCUT2D eigenvalue weighted by molar-refractivity contribution is 5.80. The van der Waals surface area contributed by atoms with Gasteiger partial charge < -0.3 is 9.80 Å². The maximum Gasteiger partial charge on any atom is 0.247 e. The van der Waals surface area contributed by atoms with Crippen LogP contribution in [0.4, 0.5) is 5.95 Å². The van der Waals surface area contributed by atoms with E-state index in [4.69, 9.17) is 0 Å². The average molecular weight is 353 g/mol. The van der Waals surface area contributed by atoms with Gasteiger partial charge in [-0.3, -0.25) is 13.9 Å². The van der Waals surface area contributed by atoms with Gasteiger partial charge in [-0.15, -0.1) is 10.2 Å². The van der Waals surface area contributed by atoms with Crippen molar-refractivity contribution in [2.24, 2.45) is 0 Å². The van der Waals surface area contributed by atoms with Gasteiger partial charge in [-0.2, -0.15) is 5.10 Å². The molecule has 1 aliphatic rings. The highest BCUT2D eigenvalue weighted by atomic mass is 16.2. The number of hydrogen-bond donors (Lipinski definition) is 0. The van der Waals surface area contributed by atoms with Crippen molar-refractivity contribution < 1.29 is 4.79 Å². The SMILES string of the molecule is CCC(C(=O)N1CCCN(c2nnc3ccccn23)CC1)n1cccn1. The number of anilines is 1. The molecule has 3 aromatic heterocycles. The Morgan fingerprint density at radius 3 is 2.85 bits per heavy atom. The van der Waals surface area contributed by atoms with Crippen LogP contribution in [0.25, 0.3) is 5.65 Å². The molecular weight excluding hydrogens is 330 g/mol. The molecule has 0 aromatic carbocycles. The quantitative estimate of drug-likeness (QED) is 0.713. The van der Waals surface area contributed by atoms with E-state index in [1.165, 1.54) is 0 Å². The normalized spacial score (nSPS) is 16.7. The van der Waals surface area contributed by atoms with E-state index in [0.717, 1.165) is 44.1 Å². The van der Waals surface area contributed by atoms with Crippen LogP contribution in [0, 0.1) is 0 Å². The third-order valence-electron chi connectivity index (χ3n) is 4.90. The maximum atomic E-state index is 13.0. The van der Waals surface area contributed by atoms with Crippen LogP contribution >= 0.6 is 0 Å². The number of rotatable bonds is 4. The average Bonchev–Trinajstić information content (AvgIpc) is 3.28. The van der Waals surface area contributed by atoms with E-state index in [1.807, 2.05) is 52.9 Å². The predicted molar refractivity (Wildman–Crippen MR) is 98.0 cm³/mol. The summed E-state index contributed by atoms with van der Waals surface area (Å²) in [5.74, 6) is 0.984. The number of fused-ring (bicyclic) bond motifs is 1. The molecular formula is C18H23N7O. The van der Waals surface area contributed by atoms with Crippen molar-refractivity contribution in [2.45, 2.75) is 25.8 Å². The first-order valence-corrected chi connectivity index (χ1v) is 9.10. The molecule has 1 saturated heterocycles. The van der Waals surface area contributed by atoms with Gasteiger partial charge in [-0.1, -0.05) is 13.0 Å². The molecule has 1 atom stereocenters. The second-order valence-corrected chi connectivity index (χ2v) is 6.50. The van der Waals surface area contributed by atoms with Gasteiger partial charge in [0.15, 0.2) is 5.65 Å². The second-order valence-electron chi connectivity index (χ2n) is 6.50. The van der Waals surface area contributed by atoms with Gasteiger partial charge in [0.25, 0.3) is 0 Å². The van der Waals surface area contributed by atoms with Gasteiger partial charge in [0.2, 0.25) is 11.9 Å². The zero-order valence-corrected chi connectivity index (χ0v) is 14.9. The van der Waals surface area contributed by atoms with Gasteiger partial charge >= 0.3 is 0 Å². The molecule has 1 unspecified atom stereocenters. The number of amides is 1. The third kappa shape index (κ3) is 3.02. The summed E-state index contributed by atoms with van der Waals surface area (Å²) >= 11 is 0. The summed E-state index contributed by atoms with van der Waals surface area (Å²) < 4.78 is 3.76. The summed E-state index contributed by atoms with van der Waals surface area (Å²) in [7, 11) is 0. The van der Waals surface area contributed by atoms with Crippen LogP contribution in [0.2, 0.25) is 0 Å². The minimum Gasteiger partial charge on any atom is -0.339 e. The van der Waals surface area contributed by atoms with Gasteiger partial charge in [-0.25, -0.2) is 0 Å². The van der Waals surface area contributed by atoms with E-state index in [-0.39, 0.29) is 11.9 Å². The fourth-order valence-corrected chi connectivity index (χ4v) is 3.53. The Balaban J connectivity index is 1.49. The minimum atomic E-state index is -0.231. The smallest absolute Gasteiger partial charge is 0.247 e. The first-order chi connectivity index (χ1) is 12.8. The van der Waals surface area contributed by atoms with E-state index in [2.05, 4.69) is 20.2 Å². The molecule has 0 aliphatic carbocycles. The Hall–Kier alpha value is -2.90. The highest BCUT2D eigenvalue weighted by Crippen LogP contribution is 2.19. The van der Waals surface area contributed by atoms with Crippen LogP contribution in [-0.4, -0.2) is 61.4 Å². The minimum absolute atomic E-state index is 0.143. The number of nitrogens with zero attached hydrogens (tertiary/aromatic N) is 7. The van der Waals surface area contributed by atoms with Gasteiger partial charge in [0, 0.05) is 44.8 Å². The molecule has 8 heteroatoms. The van der Waals surface area contributed by atoms with Crippen molar-refractivity contribution in [1.29, 1.82) is 0 Å². The lowest BCUT2D eigenvalue weighted by Gasteiger charge is -2.26. The third-order valence-corrected chi connectivity index (χ3v) is 4.90. The Labute approximate surface area is 152 Å². The largest absolute Gasteiger partial charge is 0.339 e. The fraction of sp³-hybridized carbons (Fsp3) is 0.444. The Morgan fingerprint density at radius 2 is 2.04 bits per heavy atom. The van der Waals surface area contributed by atoms with Crippen molar-refractivity contribution >= 4 is 17.5 Å². The number of hydrogen-bond acceptors (Lipinski definition) is 5. The fourth-order valence-electron chi connectivity index (χ4n) is 3.53. The molecule has 1 fully saturated rings. The number of aromatic nitrogens is 5. The molecule has 0 radical (unpaired) electrons. The molecule has 3 aromatic rings. The molecule has 0 spiro atoms. The summed E-state index contributed by atoms with van der Waals surface area (Å²) in [4.78, 5) is 17.2. The van der Waals surface area contributed by atoms with Crippen LogP contribution in [-0.2, 0) is 4.79 Å². The number of carbonyl (C=O) groups is 1. The zero-order chi connectivity index (χ0) is 17.9. The topological polar surface area (TPSA) is 71.6 Å². The van der Waals surface area contributed by atoms with Crippen molar-refractivity contribution in [3.8, 4) is 0 Å². The molecule has 136 valence electrons. The van der Waals surface area contributed by atoms with Crippen LogP contribution in [0.3, 0.4) is 0 Å². The molecule has 0 bridgehead atoms. The summed E-state index contributed by atoms with van der Waals surface area (Å²) in [5, 5.41) is 12.8. The van der Waals surface area contributed by atoms with Crippen LogP contribution in [0.5, 0.6) is 0 Å². The van der Waals surface area contributed by atoms with Crippen LogP contribution < -0.4 is 4.90 Å². The number of carbonyl (C=O) groups excluding carboxylic acids is 1. The molecule has 1 aliphatic heterocycles. The van der Waals surface area contributed by atoms with Crippen LogP contribution in [0.15, 0.2) is 42.9 Å². The van der Waals surface area contributed by atoms with Crippen molar-refractivity contribution in [3.05, 3.63) is 42.9 Å². The summed E-state index contributed by atoms with van der Waals surface area (Å²) in [6.07, 6.45) is 7.19. The molecule has 0 N–H and O–H groups in total. The second kappa shape index (κ2) is 7.15. The molecule has 4 rings (SSSR count). The first kappa shape index (κ1) is 16.6. The summed E-state index contributed by atoms with van der Waals surface area (Å²) in [6, 6.07) is 7.50. The van der Waals surface area contributed by atoms with Crippen molar-refractivity contribution in [1.82, 2.24) is 29.3 Å². The van der Waals surface area contributed by atoms with Gasteiger partial charge in [-0.05, 0) is 31.0 Å². The molecule has 1 amide bonds. The van der Waals surface area contributed by atoms with Gasteiger partial charge in [0.1, 0.15) is 6.04 Å². The summed E-state index contributed by atoms with van der Waals surface area (Å²) in [5.41, 5.74) is 0.837. The van der Waals surface area contributed by atoms with Crippen molar-refractivity contribution in [3.63, 3.8) is 0 Å². The van der Waals surface area contributed by atoms with E-state index >= 15 is 0 Å². The zero-order valence-electron chi connectivity index (χ0n) is 14.9. The van der Waals surface area contributed by atoms with Gasteiger partial charge in [0.05, 0.1) is 0 Å². The Kier molecular flexibility index (Phi) is 4.55. The Morgan fingerprint density at radius 1 is 1.12 bits per heavy atom. The van der Waals surface area contributed by atoms with E-state index < -0.39 is 0 Å². The lowest BCUT2D eigenvalue weighted by Crippen LogP contribution is -2.40. The molecule has 4 heterocycles. The highest BCUT2D eigenvalue weighted by Gasteiger charge is 2.27. The first-order valence-electron chi connectivity index (χ1n) is 9.10. The van der Waals surface area contributed by atoms with Crippen LogP contribution in [0.1, 0.15) is 25.8 Å². The molecule has 8 nitrogen and oxygen atoms in total. The molecule has 26 heavy (non-hydrogen) atoms. The van der Waals surface area contributed by atoms with Crippen molar-refractivity contribution in [2.75, 3.05) is 31.1 Å². The summed E-state index contributed by atoms with van der Waals surface area (Å²) in [6.45, 7) is 5.06.